The molecule has 5 nitrogen and oxygen atoms in total. The van der Waals surface area contributed by atoms with Gasteiger partial charge < -0.3 is 10.6 Å². The monoisotopic (exact) mass is 325 g/mol. The summed E-state index contributed by atoms with van der Waals surface area (Å²) in [6.07, 6.45) is 1.47. The third-order valence-corrected chi connectivity index (χ3v) is 3.51. The van der Waals surface area contributed by atoms with Crippen molar-refractivity contribution in [2.24, 2.45) is 0 Å². The van der Waals surface area contributed by atoms with Gasteiger partial charge in [0.2, 0.25) is 0 Å². The van der Waals surface area contributed by atoms with Crippen molar-refractivity contribution in [2.45, 2.75) is 40.2 Å². The van der Waals surface area contributed by atoms with Crippen LogP contribution in [0.2, 0.25) is 0 Å². The standard InChI is InChI=1S/C19H23N3O2/c1-12-6-7-15(10-13(12)2)21-18(24)16-11-14(8-9-20-16)17(23)22-19(3,4)5/h6-11H,1-5H3,(H,21,24)(H,22,23). The molecule has 0 radical (unpaired) electrons. The molecule has 0 saturated carbocycles. The second-order valence-electron chi connectivity index (χ2n) is 6.89. The van der Waals surface area contributed by atoms with Gasteiger partial charge in [-0.15, -0.1) is 0 Å². The zero-order chi connectivity index (χ0) is 17.9. The van der Waals surface area contributed by atoms with Gasteiger partial charge in [0.1, 0.15) is 5.69 Å². The summed E-state index contributed by atoms with van der Waals surface area (Å²) < 4.78 is 0. The third-order valence-electron chi connectivity index (χ3n) is 3.51. The molecule has 1 heterocycles. The molecule has 1 aromatic heterocycles. The third kappa shape index (κ3) is 4.65. The Morgan fingerprint density at radius 1 is 0.958 bits per heavy atom. The number of aromatic nitrogens is 1. The van der Waals surface area contributed by atoms with Gasteiger partial charge in [0.25, 0.3) is 11.8 Å². The second kappa shape index (κ2) is 6.83. The Bertz CT molecular complexity index is 776. The van der Waals surface area contributed by atoms with Crippen molar-refractivity contribution >= 4 is 17.5 Å². The number of aryl methyl sites for hydroxylation is 2. The van der Waals surface area contributed by atoms with E-state index in [0.717, 1.165) is 11.1 Å². The SMILES string of the molecule is Cc1ccc(NC(=O)c2cc(C(=O)NC(C)(C)C)ccn2)cc1C. The lowest BCUT2D eigenvalue weighted by Gasteiger charge is -2.20. The summed E-state index contributed by atoms with van der Waals surface area (Å²) in [5.74, 6) is -0.575. The zero-order valence-electron chi connectivity index (χ0n) is 14.7. The Kier molecular flexibility index (Phi) is 5.02. The van der Waals surface area contributed by atoms with E-state index in [0.29, 0.717) is 11.3 Å². The maximum atomic E-state index is 12.4. The molecule has 0 bridgehead atoms. The summed E-state index contributed by atoms with van der Waals surface area (Å²) >= 11 is 0. The van der Waals surface area contributed by atoms with Crippen molar-refractivity contribution in [3.63, 3.8) is 0 Å². The van der Waals surface area contributed by atoms with Gasteiger partial charge in [-0.1, -0.05) is 6.07 Å². The first kappa shape index (κ1) is 17.7. The summed E-state index contributed by atoms with van der Waals surface area (Å²) in [6, 6.07) is 8.79. The number of rotatable bonds is 3. The minimum atomic E-state index is -0.345. The highest BCUT2D eigenvalue weighted by molar-refractivity contribution is 6.04. The molecule has 2 aromatic rings. The minimum Gasteiger partial charge on any atom is -0.347 e. The lowest BCUT2D eigenvalue weighted by atomic mass is 10.1. The Hall–Kier alpha value is -2.69. The maximum absolute atomic E-state index is 12.4. The number of hydrogen-bond donors (Lipinski definition) is 2. The van der Waals surface area contributed by atoms with E-state index in [1.54, 1.807) is 6.07 Å². The first-order valence-electron chi connectivity index (χ1n) is 7.83. The highest BCUT2D eigenvalue weighted by Gasteiger charge is 2.17. The molecule has 1 aromatic carbocycles. The van der Waals surface area contributed by atoms with Crippen molar-refractivity contribution in [2.75, 3.05) is 5.32 Å². The summed E-state index contributed by atoms with van der Waals surface area (Å²) in [4.78, 5) is 28.6. The Balaban J connectivity index is 2.16. The van der Waals surface area contributed by atoms with Gasteiger partial charge in [-0.25, -0.2) is 0 Å². The van der Waals surface area contributed by atoms with Crippen LogP contribution in [0.15, 0.2) is 36.5 Å². The lowest BCUT2D eigenvalue weighted by molar-refractivity contribution is 0.0919. The predicted octanol–water partition coefficient (Wildman–Crippen LogP) is 3.48. The maximum Gasteiger partial charge on any atom is 0.274 e. The summed E-state index contributed by atoms with van der Waals surface area (Å²) in [7, 11) is 0. The van der Waals surface area contributed by atoms with Crippen molar-refractivity contribution in [3.8, 4) is 0 Å². The fraction of sp³-hybridized carbons (Fsp3) is 0.316. The number of benzene rings is 1. The van der Waals surface area contributed by atoms with E-state index < -0.39 is 0 Å². The molecule has 2 rings (SSSR count). The number of carbonyl (C=O) groups is 2. The van der Waals surface area contributed by atoms with Crippen molar-refractivity contribution in [1.82, 2.24) is 10.3 Å². The molecule has 0 aliphatic carbocycles. The van der Waals surface area contributed by atoms with E-state index in [-0.39, 0.29) is 23.0 Å². The number of hydrogen-bond acceptors (Lipinski definition) is 3. The quantitative estimate of drug-likeness (QED) is 0.907. The van der Waals surface area contributed by atoms with Crippen LogP contribution in [0.4, 0.5) is 5.69 Å². The normalized spacial score (nSPS) is 11.0. The average Bonchev–Trinajstić information content (AvgIpc) is 2.49. The molecule has 0 fully saturated rings. The molecule has 0 spiro atoms. The summed E-state index contributed by atoms with van der Waals surface area (Å²) in [6.45, 7) is 9.71. The summed E-state index contributed by atoms with van der Waals surface area (Å²) in [5.41, 5.74) is 3.22. The Labute approximate surface area is 142 Å². The Morgan fingerprint density at radius 2 is 1.67 bits per heavy atom. The van der Waals surface area contributed by atoms with Gasteiger partial charge in [-0.3, -0.25) is 14.6 Å². The first-order valence-corrected chi connectivity index (χ1v) is 7.83. The largest absolute Gasteiger partial charge is 0.347 e. The molecule has 0 atom stereocenters. The fourth-order valence-corrected chi connectivity index (χ4v) is 2.12. The van der Waals surface area contributed by atoms with E-state index in [1.165, 1.54) is 12.3 Å². The van der Waals surface area contributed by atoms with Gasteiger partial charge in [0, 0.05) is 23.0 Å². The van der Waals surface area contributed by atoms with Crippen LogP contribution < -0.4 is 10.6 Å². The highest BCUT2D eigenvalue weighted by Crippen LogP contribution is 2.15. The van der Waals surface area contributed by atoms with E-state index in [1.807, 2.05) is 52.8 Å². The van der Waals surface area contributed by atoms with Gasteiger partial charge >= 0.3 is 0 Å². The van der Waals surface area contributed by atoms with Crippen molar-refractivity contribution in [1.29, 1.82) is 0 Å². The van der Waals surface area contributed by atoms with Crippen LogP contribution >= 0.6 is 0 Å². The molecule has 0 saturated heterocycles. The van der Waals surface area contributed by atoms with Crippen molar-refractivity contribution in [3.05, 3.63) is 58.9 Å². The van der Waals surface area contributed by atoms with Crippen LogP contribution in [0.3, 0.4) is 0 Å². The van der Waals surface area contributed by atoms with Crippen LogP contribution in [0, 0.1) is 13.8 Å². The fourth-order valence-electron chi connectivity index (χ4n) is 2.12. The highest BCUT2D eigenvalue weighted by atomic mass is 16.2. The predicted molar refractivity (Wildman–Crippen MR) is 95.3 cm³/mol. The average molecular weight is 325 g/mol. The molecule has 5 heteroatoms. The van der Waals surface area contributed by atoms with E-state index >= 15 is 0 Å². The molecule has 0 aliphatic rings. The van der Waals surface area contributed by atoms with E-state index in [4.69, 9.17) is 0 Å². The molecule has 126 valence electrons. The molecule has 2 amide bonds. The van der Waals surface area contributed by atoms with Crippen LogP contribution in [-0.2, 0) is 0 Å². The number of anilines is 1. The second-order valence-corrected chi connectivity index (χ2v) is 6.89. The smallest absolute Gasteiger partial charge is 0.274 e. The number of amides is 2. The number of nitrogens with zero attached hydrogens (tertiary/aromatic N) is 1. The van der Waals surface area contributed by atoms with Gasteiger partial charge in [-0.05, 0) is 70.0 Å². The molecule has 24 heavy (non-hydrogen) atoms. The van der Waals surface area contributed by atoms with Crippen LogP contribution in [-0.4, -0.2) is 22.3 Å². The van der Waals surface area contributed by atoms with Crippen LogP contribution in [0.1, 0.15) is 52.7 Å². The first-order chi connectivity index (χ1) is 11.2. The number of pyridine rings is 1. The minimum absolute atomic E-state index is 0.204. The van der Waals surface area contributed by atoms with Crippen LogP contribution in [0.5, 0.6) is 0 Å². The molecule has 0 unspecified atom stereocenters. The molecular weight excluding hydrogens is 302 g/mol. The Morgan fingerprint density at radius 3 is 2.29 bits per heavy atom. The van der Waals surface area contributed by atoms with Crippen molar-refractivity contribution < 1.29 is 9.59 Å². The van der Waals surface area contributed by atoms with Gasteiger partial charge in [-0.2, -0.15) is 0 Å². The molecular formula is C19H23N3O2. The van der Waals surface area contributed by atoms with E-state index in [9.17, 15) is 9.59 Å². The molecule has 2 N–H and O–H groups in total. The lowest BCUT2D eigenvalue weighted by Crippen LogP contribution is -2.40. The molecule has 0 aliphatic heterocycles. The topological polar surface area (TPSA) is 71.1 Å². The number of carbonyl (C=O) groups excluding carboxylic acids is 2. The van der Waals surface area contributed by atoms with E-state index in [2.05, 4.69) is 15.6 Å². The van der Waals surface area contributed by atoms with Gasteiger partial charge in [0.15, 0.2) is 0 Å². The van der Waals surface area contributed by atoms with Crippen LogP contribution in [0.25, 0.3) is 0 Å². The summed E-state index contributed by atoms with van der Waals surface area (Å²) in [5, 5.41) is 5.67. The zero-order valence-corrected chi connectivity index (χ0v) is 14.7. The number of nitrogens with one attached hydrogen (secondary N) is 2. The van der Waals surface area contributed by atoms with Gasteiger partial charge in [0.05, 0.1) is 0 Å².